The smallest absolute Gasteiger partial charge is 0.351 e. The van der Waals surface area contributed by atoms with Gasteiger partial charge >= 0.3 is 11.7 Å². The second-order valence-electron chi connectivity index (χ2n) is 7.72. The molecule has 0 aromatic carbocycles. The van der Waals surface area contributed by atoms with Gasteiger partial charge < -0.3 is 15.2 Å². The van der Waals surface area contributed by atoms with Crippen molar-refractivity contribution in [3.8, 4) is 0 Å². The van der Waals surface area contributed by atoms with Crippen LogP contribution in [0.1, 0.15) is 46.3 Å². The van der Waals surface area contributed by atoms with Gasteiger partial charge in [-0.1, -0.05) is 27.2 Å². The first kappa shape index (κ1) is 20.1. The van der Waals surface area contributed by atoms with E-state index in [1.165, 1.54) is 11.8 Å². The molecule has 9 heteroatoms. The Bertz CT molecular complexity index is 757. The van der Waals surface area contributed by atoms with Crippen LogP contribution in [0.25, 0.3) is 0 Å². The summed E-state index contributed by atoms with van der Waals surface area (Å²) in [5.74, 6) is -0.0872. The number of hydrogen-bond donors (Lipinski definition) is 1. The Balaban J connectivity index is 1.65. The topological polar surface area (TPSA) is 96.4 Å². The fourth-order valence-corrected chi connectivity index (χ4v) is 4.76. The van der Waals surface area contributed by atoms with Crippen LogP contribution >= 0.6 is 11.8 Å². The van der Waals surface area contributed by atoms with Crippen LogP contribution in [0.5, 0.6) is 0 Å². The maximum absolute atomic E-state index is 13.6. The molecule has 7 nitrogen and oxygen atoms in total. The summed E-state index contributed by atoms with van der Waals surface area (Å²) >= 11 is 1.23. The summed E-state index contributed by atoms with van der Waals surface area (Å²) in [6.07, 6.45) is 3.09. The molecule has 1 saturated heterocycles. The monoisotopic (exact) mass is 399 g/mol. The van der Waals surface area contributed by atoms with Crippen molar-refractivity contribution in [2.45, 2.75) is 57.8 Å². The Hall–Kier alpha value is -1.61. The Kier molecular flexibility index (Phi) is 6.10. The summed E-state index contributed by atoms with van der Waals surface area (Å²) in [7, 11) is 0. The second kappa shape index (κ2) is 8.18. The molecule has 1 aromatic rings. The maximum atomic E-state index is 13.6. The van der Waals surface area contributed by atoms with Crippen molar-refractivity contribution in [3.05, 3.63) is 22.5 Å². The lowest BCUT2D eigenvalue weighted by Crippen LogP contribution is -2.38. The predicted molar refractivity (Wildman–Crippen MR) is 100 cm³/mol. The van der Waals surface area contributed by atoms with Gasteiger partial charge in [0.25, 0.3) is 0 Å². The van der Waals surface area contributed by atoms with Crippen molar-refractivity contribution in [2.24, 2.45) is 17.8 Å². The molecular formula is C18H26FN3O4S. The number of anilines is 1. The zero-order valence-corrected chi connectivity index (χ0v) is 16.6. The summed E-state index contributed by atoms with van der Waals surface area (Å²) in [5, 5.41) is 0. The molecule has 0 spiro atoms. The molecular weight excluding hydrogens is 373 g/mol. The quantitative estimate of drug-likeness (QED) is 0.777. The van der Waals surface area contributed by atoms with Crippen molar-refractivity contribution >= 4 is 23.5 Å². The minimum Gasteiger partial charge on any atom is -0.459 e. The van der Waals surface area contributed by atoms with Crippen LogP contribution in [0.15, 0.2) is 11.0 Å². The first-order valence-corrected chi connectivity index (χ1v) is 10.3. The molecule has 3 rings (SSSR count). The fourth-order valence-electron chi connectivity index (χ4n) is 3.78. The molecule has 0 bridgehead atoms. The molecule has 0 radical (unpaired) electrons. The molecule has 2 N–H and O–H groups in total. The second-order valence-corrected chi connectivity index (χ2v) is 8.82. The van der Waals surface area contributed by atoms with Crippen LogP contribution in [0, 0.1) is 23.6 Å². The van der Waals surface area contributed by atoms with E-state index in [1.54, 1.807) is 0 Å². The Morgan fingerprint density at radius 2 is 2.22 bits per heavy atom. The summed E-state index contributed by atoms with van der Waals surface area (Å²) in [5.41, 5.74) is 3.74. The molecule has 1 saturated carbocycles. The molecule has 2 heterocycles. The average molecular weight is 399 g/mol. The standard InChI is InChI=1S/C18H26FN3O4S/c1-9(2)11-5-4-10(3)6-13(11)25-16(23)17-26-14(8-27-17)22-7-12(19)15(20)21-18(22)24/h7,9-11,13-14,17H,4-6,8H2,1-3H3,(H2,20,21,24)/t10-,11-,13-,14+,17-/m1/s1. The first-order chi connectivity index (χ1) is 12.8. The van der Waals surface area contributed by atoms with E-state index in [0.29, 0.717) is 23.5 Å². The number of aromatic nitrogens is 2. The van der Waals surface area contributed by atoms with E-state index in [0.717, 1.165) is 30.0 Å². The van der Waals surface area contributed by atoms with Gasteiger partial charge in [0, 0.05) is 5.75 Å². The van der Waals surface area contributed by atoms with Gasteiger partial charge in [-0.15, -0.1) is 11.8 Å². The average Bonchev–Trinajstić information content (AvgIpc) is 3.08. The van der Waals surface area contributed by atoms with Crippen molar-refractivity contribution in [1.82, 2.24) is 9.55 Å². The van der Waals surface area contributed by atoms with Gasteiger partial charge in [0.05, 0.1) is 6.20 Å². The number of ether oxygens (including phenoxy) is 2. The fraction of sp³-hybridized carbons (Fsp3) is 0.722. The van der Waals surface area contributed by atoms with Gasteiger partial charge in [-0.25, -0.2) is 14.0 Å². The van der Waals surface area contributed by atoms with E-state index in [9.17, 15) is 14.0 Å². The van der Waals surface area contributed by atoms with Crippen LogP contribution in [-0.2, 0) is 14.3 Å². The number of halogens is 1. The van der Waals surface area contributed by atoms with Gasteiger partial charge in [0.15, 0.2) is 11.6 Å². The lowest BCUT2D eigenvalue weighted by Gasteiger charge is -2.37. The van der Waals surface area contributed by atoms with Crippen LogP contribution in [-0.4, -0.2) is 32.8 Å². The minimum absolute atomic E-state index is 0.122. The zero-order valence-electron chi connectivity index (χ0n) is 15.8. The molecule has 1 aromatic heterocycles. The molecule has 27 heavy (non-hydrogen) atoms. The Morgan fingerprint density at radius 1 is 1.48 bits per heavy atom. The van der Waals surface area contributed by atoms with Gasteiger partial charge in [-0.05, 0) is 30.6 Å². The molecule has 5 atom stereocenters. The number of hydrogen-bond acceptors (Lipinski definition) is 7. The Labute approximate surface area is 161 Å². The molecule has 2 aliphatic rings. The van der Waals surface area contributed by atoms with Gasteiger partial charge in [-0.2, -0.15) is 4.98 Å². The van der Waals surface area contributed by atoms with Crippen LogP contribution in [0.3, 0.4) is 0 Å². The number of nitrogens with two attached hydrogens (primary N) is 1. The SMILES string of the molecule is CC(C)[C@H]1CC[C@@H](C)C[C@H]1OC(=O)[C@@H]1O[C@H](n2cc(F)c(N)nc2=O)CS1. The van der Waals surface area contributed by atoms with E-state index in [-0.39, 0.29) is 6.10 Å². The lowest BCUT2D eigenvalue weighted by molar-refractivity contribution is -0.166. The first-order valence-electron chi connectivity index (χ1n) is 9.28. The van der Waals surface area contributed by atoms with Crippen molar-refractivity contribution < 1.29 is 18.7 Å². The molecule has 1 aliphatic carbocycles. The highest BCUT2D eigenvalue weighted by molar-refractivity contribution is 8.00. The van der Waals surface area contributed by atoms with Crippen LogP contribution < -0.4 is 11.4 Å². The predicted octanol–water partition coefficient (Wildman–Crippen LogP) is 2.56. The largest absolute Gasteiger partial charge is 0.459 e. The summed E-state index contributed by atoms with van der Waals surface area (Å²) in [6, 6.07) is 0. The number of esters is 1. The third kappa shape index (κ3) is 4.45. The van der Waals surface area contributed by atoms with Crippen LogP contribution in [0.4, 0.5) is 10.2 Å². The van der Waals surface area contributed by atoms with Gasteiger partial charge in [0.2, 0.25) is 5.44 Å². The van der Waals surface area contributed by atoms with Crippen molar-refractivity contribution in [1.29, 1.82) is 0 Å². The summed E-state index contributed by atoms with van der Waals surface area (Å²) in [6.45, 7) is 6.46. The summed E-state index contributed by atoms with van der Waals surface area (Å²) in [4.78, 5) is 28.0. The lowest BCUT2D eigenvalue weighted by atomic mass is 9.75. The number of carbonyl (C=O) groups is 1. The molecule has 0 amide bonds. The van der Waals surface area contributed by atoms with E-state index in [1.807, 2.05) is 0 Å². The molecule has 1 aliphatic heterocycles. The highest BCUT2D eigenvalue weighted by Gasteiger charge is 2.39. The van der Waals surface area contributed by atoms with Crippen molar-refractivity contribution in [3.63, 3.8) is 0 Å². The highest BCUT2D eigenvalue weighted by atomic mass is 32.2. The number of nitrogen functional groups attached to an aromatic ring is 1. The van der Waals surface area contributed by atoms with Gasteiger partial charge in [0.1, 0.15) is 12.3 Å². The highest BCUT2D eigenvalue weighted by Crippen LogP contribution is 2.37. The van der Waals surface area contributed by atoms with E-state index < -0.39 is 35.0 Å². The van der Waals surface area contributed by atoms with Crippen molar-refractivity contribution in [2.75, 3.05) is 11.5 Å². The van der Waals surface area contributed by atoms with Gasteiger partial charge in [-0.3, -0.25) is 4.57 Å². The molecule has 150 valence electrons. The number of carbonyl (C=O) groups excluding carboxylic acids is 1. The minimum atomic E-state index is -0.840. The molecule has 0 unspecified atom stereocenters. The normalized spacial score (nSPS) is 31.2. The molecule has 2 fully saturated rings. The number of nitrogens with zero attached hydrogens (tertiary/aromatic N) is 2. The third-order valence-corrected chi connectivity index (χ3v) is 6.42. The van der Waals surface area contributed by atoms with Crippen LogP contribution in [0.2, 0.25) is 0 Å². The zero-order chi connectivity index (χ0) is 19.7. The number of thioether (sulfide) groups is 1. The summed E-state index contributed by atoms with van der Waals surface area (Å²) < 4.78 is 26.1. The number of rotatable bonds is 4. The van der Waals surface area contributed by atoms with E-state index in [4.69, 9.17) is 15.2 Å². The third-order valence-electron chi connectivity index (χ3n) is 5.34. The van der Waals surface area contributed by atoms with E-state index >= 15 is 0 Å². The Morgan fingerprint density at radius 3 is 2.93 bits per heavy atom. The maximum Gasteiger partial charge on any atom is 0.351 e. The van der Waals surface area contributed by atoms with E-state index in [2.05, 4.69) is 25.8 Å².